The van der Waals surface area contributed by atoms with Crippen LogP contribution in [0.3, 0.4) is 0 Å². The monoisotopic (exact) mass is 388 g/mol. The lowest BCUT2D eigenvalue weighted by molar-refractivity contribution is 0.102. The summed E-state index contributed by atoms with van der Waals surface area (Å²) < 4.78 is 7.18. The fourth-order valence-corrected chi connectivity index (χ4v) is 2.85. The van der Waals surface area contributed by atoms with E-state index in [9.17, 15) is 4.79 Å². The van der Waals surface area contributed by atoms with Gasteiger partial charge in [-0.25, -0.2) is 14.6 Å². The summed E-state index contributed by atoms with van der Waals surface area (Å²) in [6.07, 6.45) is 4.89. The van der Waals surface area contributed by atoms with Crippen LogP contribution < -0.4 is 10.6 Å². The lowest BCUT2D eigenvalue weighted by atomic mass is 10.2. The Bertz CT molecular complexity index is 1100. The van der Waals surface area contributed by atoms with Gasteiger partial charge in [0.15, 0.2) is 5.76 Å². The van der Waals surface area contributed by atoms with Crippen LogP contribution in [0.1, 0.15) is 30.2 Å². The fourth-order valence-electron chi connectivity index (χ4n) is 2.85. The molecule has 0 radical (unpaired) electrons. The molecule has 3 heterocycles. The minimum absolute atomic E-state index is 0.0669. The van der Waals surface area contributed by atoms with Crippen molar-refractivity contribution in [3.63, 3.8) is 0 Å². The van der Waals surface area contributed by atoms with E-state index in [1.54, 1.807) is 59.7 Å². The van der Waals surface area contributed by atoms with Gasteiger partial charge >= 0.3 is 0 Å². The molecular formula is C21H20N6O2. The highest BCUT2D eigenvalue weighted by atomic mass is 16.3. The van der Waals surface area contributed by atoms with Crippen LogP contribution in [0.25, 0.3) is 11.5 Å². The number of benzene rings is 1. The molecule has 2 N–H and O–H groups in total. The largest absolute Gasteiger partial charge is 0.463 e. The van der Waals surface area contributed by atoms with E-state index in [0.29, 0.717) is 28.8 Å². The van der Waals surface area contributed by atoms with Crippen molar-refractivity contribution in [2.75, 3.05) is 10.6 Å². The number of anilines is 3. The highest BCUT2D eigenvalue weighted by Crippen LogP contribution is 2.25. The molecule has 0 saturated carbocycles. The molecule has 1 aromatic carbocycles. The first-order valence-corrected chi connectivity index (χ1v) is 9.19. The van der Waals surface area contributed by atoms with E-state index >= 15 is 0 Å². The molecule has 8 heteroatoms. The first kappa shape index (κ1) is 18.4. The summed E-state index contributed by atoms with van der Waals surface area (Å²) >= 11 is 0. The van der Waals surface area contributed by atoms with E-state index in [1.165, 1.54) is 0 Å². The molecule has 0 bridgehead atoms. The van der Waals surface area contributed by atoms with Crippen molar-refractivity contribution in [1.82, 2.24) is 19.7 Å². The molecule has 0 aliphatic heterocycles. The molecule has 0 atom stereocenters. The lowest BCUT2D eigenvalue weighted by Crippen LogP contribution is -2.16. The molecule has 0 aliphatic rings. The van der Waals surface area contributed by atoms with E-state index < -0.39 is 0 Å². The van der Waals surface area contributed by atoms with Crippen molar-refractivity contribution in [2.45, 2.75) is 19.9 Å². The third-order valence-electron chi connectivity index (χ3n) is 4.19. The van der Waals surface area contributed by atoms with Crippen LogP contribution in [-0.2, 0) is 0 Å². The average molecular weight is 388 g/mol. The van der Waals surface area contributed by atoms with Crippen molar-refractivity contribution in [1.29, 1.82) is 0 Å². The first-order chi connectivity index (χ1) is 14.1. The predicted octanol–water partition coefficient (Wildman–Crippen LogP) is 4.51. The Morgan fingerprint density at radius 1 is 1.07 bits per heavy atom. The molecule has 29 heavy (non-hydrogen) atoms. The molecule has 0 spiro atoms. The summed E-state index contributed by atoms with van der Waals surface area (Å²) in [7, 11) is 0. The molecule has 0 saturated heterocycles. The van der Waals surface area contributed by atoms with Crippen LogP contribution >= 0.6 is 0 Å². The summed E-state index contributed by atoms with van der Waals surface area (Å²) in [6, 6.07) is 14.4. The first-order valence-electron chi connectivity index (χ1n) is 9.19. The number of carbonyl (C=O) groups is 1. The second-order valence-corrected chi connectivity index (χ2v) is 6.66. The van der Waals surface area contributed by atoms with Gasteiger partial charge in [-0.3, -0.25) is 4.79 Å². The van der Waals surface area contributed by atoms with Gasteiger partial charge in [0.2, 0.25) is 5.95 Å². The van der Waals surface area contributed by atoms with Crippen LogP contribution in [0.5, 0.6) is 0 Å². The molecule has 0 fully saturated rings. The maximum atomic E-state index is 12.9. The molecule has 146 valence electrons. The quantitative estimate of drug-likeness (QED) is 0.504. The van der Waals surface area contributed by atoms with Gasteiger partial charge in [-0.1, -0.05) is 6.07 Å². The number of nitrogens with zero attached hydrogens (tertiary/aromatic N) is 4. The third kappa shape index (κ3) is 4.16. The molecular weight excluding hydrogens is 368 g/mol. The Kier molecular flexibility index (Phi) is 5.07. The number of furan rings is 1. The Morgan fingerprint density at radius 3 is 2.62 bits per heavy atom. The van der Waals surface area contributed by atoms with Gasteiger partial charge in [-0.15, -0.1) is 0 Å². The zero-order valence-corrected chi connectivity index (χ0v) is 16.0. The number of hydrogen-bond donors (Lipinski definition) is 2. The number of amides is 1. The van der Waals surface area contributed by atoms with E-state index in [4.69, 9.17) is 4.42 Å². The Balaban J connectivity index is 1.56. The molecule has 4 rings (SSSR count). The number of nitrogens with one attached hydrogen (secondary N) is 2. The van der Waals surface area contributed by atoms with Gasteiger partial charge in [0, 0.05) is 35.8 Å². The number of carbonyl (C=O) groups excluding carboxylic acids is 1. The Labute approximate surface area is 167 Å². The van der Waals surface area contributed by atoms with Crippen molar-refractivity contribution in [3.05, 3.63) is 72.8 Å². The molecule has 8 nitrogen and oxygen atoms in total. The van der Waals surface area contributed by atoms with Gasteiger partial charge in [0.1, 0.15) is 11.5 Å². The summed E-state index contributed by atoms with van der Waals surface area (Å²) in [5, 5.41) is 10.6. The maximum Gasteiger partial charge on any atom is 0.256 e. The second-order valence-electron chi connectivity index (χ2n) is 6.66. The molecule has 3 aromatic heterocycles. The smallest absolute Gasteiger partial charge is 0.256 e. The zero-order chi connectivity index (χ0) is 20.2. The van der Waals surface area contributed by atoms with E-state index in [0.717, 1.165) is 5.69 Å². The van der Waals surface area contributed by atoms with E-state index in [1.807, 2.05) is 26.0 Å². The summed E-state index contributed by atoms with van der Waals surface area (Å²) in [5.41, 5.74) is 1.88. The Hall–Kier alpha value is -3.94. The molecule has 0 aliphatic carbocycles. The fraction of sp³-hybridized carbons (Fsp3) is 0.143. The summed E-state index contributed by atoms with van der Waals surface area (Å²) in [6.45, 7) is 4.00. The number of rotatable bonds is 6. The highest BCUT2D eigenvalue weighted by Gasteiger charge is 2.16. The summed E-state index contributed by atoms with van der Waals surface area (Å²) in [4.78, 5) is 21.1. The normalized spacial score (nSPS) is 10.9. The minimum Gasteiger partial charge on any atom is -0.463 e. The van der Waals surface area contributed by atoms with Crippen LogP contribution in [0.2, 0.25) is 0 Å². The van der Waals surface area contributed by atoms with Crippen LogP contribution in [0.15, 0.2) is 71.6 Å². The van der Waals surface area contributed by atoms with Gasteiger partial charge in [0.25, 0.3) is 5.91 Å². The van der Waals surface area contributed by atoms with Gasteiger partial charge < -0.3 is 15.1 Å². The number of aromatic nitrogens is 4. The van der Waals surface area contributed by atoms with Crippen LogP contribution in [0, 0.1) is 0 Å². The SMILES string of the molecule is CC(C)n1nc(-c2ccco2)cc1NC(=O)c1cccc(Nc2ncccn2)c1. The average Bonchev–Trinajstić information content (AvgIpc) is 3.39. The van der Waals surface area contributed by atoms with Gasteiger partial charge in [-0.2, -0.15) is 5.10 Å². The maximum absolute atomic E-state index is 12.9. The Morgan fingerprint density at radius 2 is 1.90 bits per heavy atom. The molecule has 1 amide bonds. The second kappa shape index (κ2) is 7.97. The predicted molar refractivity (Wildman–Crippen MR) is 110 cm³/mol. The summed E-state index contributed by atoms with van der Waals surface area (Å²) in [5.74, 6) is 1.47. The topological polar surface area (TPSA) is 97.9 Å². The minimum atomic E-state index is -0.240. The van der Waals surface area contributed by atoms with Gasteiger partial charge in [0.05, 0.1) is 6.26 Å². The highest BCUT2D eigenvalue weighted by molar-refractivity contribution is 6.04. The third-order valence-corrected chi connectivity index (χ3v) is 4.19. The number of hydrogen-bond acceptors (Lipinski definition) is 6. The van der Waals surface area contributed by atoms with Crippen molar-refractivity contribution in [3.8, 4) is 11.5 Å². The lowest BCUT2D eigenvalue weighted by Gasteiger charge is -2.12. The molecule has 0 unspecified atom stereocenters. The van der Waals surface area contributed by atoms with Crippen molar-refractivity contribution >= 4 is 23.4 Å². The van der Waals surface area contributed by atoms with E-state index in [2.05, 4.69) is 25.7 Å². The molecule has 4 aromatic rings. The van der Waals surface area contributed by atoms with Crippen LogP contribution in [-0.4, -0.2) is 25.7 Å². The van der Waals surface area contributed by atoms with Crippen LogP contribution in [0.4, 0.5) is 17.5 Å². The zero-order valence-electron chi connectivity index (χ0n) is 16.0. The van der Waals surface area contributed by atoms with Crippen molar-refractivity contribution < 1.29 is 9.21 Å². The standard InChI is InChI=1S/C21H20N6O2/c1-14(2)27-19(13-17(26-27)18-8-4-11-29-18)25-20(28)15-6-3-7-16(12-15)24-21-22-9-5-10-23-21/h3-14H,1-2H3,(H,25,28)(H,22,23,24). The van der Waals surface area contributed by atoms with Gasteiger partial charge in [-0.05, 0) is 50.2 Å². The van der Waals surface area contributed by atoms with E-state index in [-0.39, 0.29) is 11.9 Å². The van der Waals surface area contributed by atoms with Crippen molar-refractivity contribution in [2.24, 2.45) is 0 Å².